The number of nitrogens with zero attached hydrogens (tertiary/aromatic N) is 4. The van der Waals surface area contributed by atoms with Crippen molar-refractivity contribution < 1.29 is 9.21 Å². The highest BCUT2D eigenvalue weighted by Gasteiger charge is 2.31. The first-order valence-electron chi connectivity index (χ1n) is 11.0. The van der Waals surface area contributed by atoms with Crippen LogP contribution < -0.4 is 10.2 Å². The summed E-state index contributed by atoms with van der Waals surface area (Å²) < 4.78 is 7.71. The number of thioether (sulfide) groups is 1. The van der Waals surface area contributed by atoms with Crippen molar-refractivity contribution in [1.82, 2.24) is 20.1 Å². The third-order valence-electron chi connectivity index (χ3n) is 5.72. The van der Waals surface area contributed by atoms with E-state index in [0.717, 1.165) is 61.2 Å². The number of hydrogen-bond donors (Lipinski definition) is 1. The standard InChI is InChI=1S/C23H27N5O2S/c29-21(24-18-11-12-18)20(17-8-3-1-4-9-17)31-23-26-25-22(27-13-5-2-6-14-27)28(23)16-19-10-7-15-30-19/h1,3-4,7-10,15,18,20H,2,5-6,11-14,16H2,(H,24,29)/t20-/m0/s1. The van der Waals surface area contributed by atoms with Crippen LogP contribution in [0.25, 0.3) is 0 Å². The Morgan fingerprint density at radius 3 is 2.61 bits per heavy atom. The highest BCUT2D eigenvalue weighted by Crippen LogP contribution is 2.37. The van der Waals surface area contributed by atoms with Crippen LogP contribution in [-0.2, 0) is 11.3 Å². The van der Waals surface area contributed by atoms with Gasteiger partial charge in [0.1, 0.15) is 11.0 Å². The van der Waals surface area contributed by atoms with Gasteiger partial charge < -0.3 is 14.6 Å². The molecular weight excluding hydrogens is 410 g/mol. The largest absolute Gasteiger partial charge is 0.467 e. The molecule has 3 heterocycles. The molecule has 3 aromatic rings. The number of rotatable bonds is 8. The van der Waals surface area contributed by atoms with E-state index >= 15 is 0 Å². The van der Waals surface area contributed by atoms with Crippen molar-refractivity contribution in [3.63, 3.8) is 0 Å². The SMILES string of the molecule is O=C(NC1CC1)[C@@H](Sc1nnc(N2CCCCC2)n1Cc1ccco1)c1ccccc1. The molecule has 0 radical (unpaired) electrons. The Hall–Kier alpha value is -2.74. The molecule has 8 heteroatoms. The Morgan fingerprint density at radius 1 is 1.10 bits per heavy atom. The second-order valence-corrected chi connectivity index (χ2v) is 9.26. The van der Waals surface area contributed by atoms with Gasteiger partial charge in [0.25, 0.3) is 0 Å². The molecule has 5 rings (SSSR count). The number of carbonyl (C=O) groups excluding carboxylic acids is 1. The number of carbonyl (C=O) groups is 1. The van der Waals surface area contributed by atoms with Gasteiger partial charge in [-0.05, 0) is 49.8 Å². The Bertz CT molecular complexity index is 994. The van der Waals surface area contributed by atoms with Gasteiger partial charge >= 0.3 is 0 Å². The smallest absolute Gasteiger partial charge is 0.238 e. The summed E-state index contributed by atoms with van der Waals surface area (Å²) in [6, 6.07) is 14.1. The molecule has 1 saturated heterocycles. The summed E-state index contributed by atoms with van der Waals surface area (Å²) in [5.74, 6) is 1.73. The molecule has 2 aliphatic rings. The molecule has 1 aliphatic carbocycles. The molecule has 0 spiro atoms. The minimum Gasteiger partial charge on any atom is -0.467 e. The normalized spacial score (nSPS) is 17.5. The second kappa shape index (κ2) is 9.18. The average Bonchev–Trinajstić information content (AvgIpc) is 3.31. The quantitative estimate of drug-likeness (QED) is 0.537. The molecule has 162 valence electrons. The maximum Gasteiger partial charge on any atom is 0.238 e. The summed E-state index contributed by atoms with van der Waals surface area (Å²) in [5.41, 5.74) is 0.970. The molecule has 2 aromatic heterocycles. The molecule has 31 heavy (non-hydrogen) atoms. The third-order valence-corrected chi connectivity index (χ3v) is 6.95. The molecule has 1 amide bonds. The van der Waals surface area contributed by atoms with Crippen molar-refractivity contribution in [2.75, 3.05) is 18.0 Å². The van der Waals surface area contributed by atoms with Crippen LogP contribution in [0.1, 0.15) is 48.7 Å². The second-order valence-electron chi connectivity index (χ2n) is 8.19. The maximum atomic E-state index is 13.1. The van der Waals surface area contributed by atoms with E-state index in [4.69, 9.17) is 4.42 Å². The lowest BCUT2D eigenvalue weighted by molar-refractivity contribution is -0.120. The van der Waals surface area contributed by atoms with Crippen molar-refractivity contribution in [2.45, 2.75) is 55.1 Å². The third kappa shape index (κ3) is 4.79. The Kier molecular flexibility index (Phi) is 5.97. The predicted octanol–water partition coefficient (Wildman–Crippen LogP) is 4.02. The zero-order valence-corrected chi connectivity index (χ0v) is 18.3. The van der Waals surface area contributed by atoms with Gasteiger partial charge in [-0.15, -0.1) is 10.2 Å². The number of piperidine rings is 1. The first-order chi connectivity index (χ1) is 15.3. The molecule has 1 aliphatic heterocycles. The Morgan fingerprint density at radius 2 is 1.90 bits per heavy atom. The lowest BCUT2D eigenvalue weighted by atomic mass is 10.1. The van der Waals surface area contributed by atoms with E-state index in [0.29, 0.717) is 12.6 Å². The predicted molar refractivity (Wildman–Crippen MR) is 120 cm³/mol. The minimum absolute atomic E-state index is 0.0331. The number of amides is 1. The Labute approximate surface area is 186 Å². The molecular formula is C23H27N5O2S. The van der Waals surface area contributed by atoms with Gasteiger partial charge in [0, 0.05) is 19.1 Å². The number of benzene rings is 1. The molecule has 1 aromatic carbocycles. The van der Waals surface area contributed by atoms with Crippen molar-refractivity contribution in [3.8, 4) is 0 Å². The van der Waals surface area contributed by atoms with Gasteiger partial charge in [0.05, 0.1) is 12.8 Å². The fourth-order valence-electron chi connectivity index (χ4n) is 3.90. The van der Waals surface area contributed by atoms with Gasteiger partial charge in [-0.2, -0.15) is 0 Å². The van der Waals surface area contributed by atoms with Crippen LogP contribution in [0.4, 0.5) is 5.95 Å². The highest BCUT2D eigenvalue weighted by atomic mass is 32.2. The van der Waals surface area contributed by atoms with Crippen molar-refractivity contribution >= 4 is 23.6 Å². The number of nitrogens with one attached hydrogen (secondary N) is 1. The highest BCUT2D eigenvalue weighted by molar-refractivity contribution is 8.00. The Balaban J connectivity index is 1.46. The zero-order valence-electron chi connectivity index (χ0n) is 17.4. The zero-order chi connectivity index (χ0) is 21.0. The number of furan rings is 1. The lowest BCUT2D eigenvalue weighted by Crippen LogP contribution is -2.32. The average molecular weight is 438 g/mol. The summed E-state index contributed by atoms with van der Waals surface area (Å²) >= 11 is 1.46. The van der Waals surface area contributed by atoms with E-state index in [9.17, 15) is 4.79 Å². The van der Waals surface area contributed by atoms with E-state index < -0.39 is 0 Å². The van der Waals surface area contributed by atoms with Gasteiger partial charge in [0.2, 0.25) is 11.9 Å². The molecule has 1 N–H and O–H groups in total. The van der Waals surface area contributed by atoms with Crippen LogP contribution in [-0.4, -0.2) is 39.8 Å². The molecule has 1 saturated carbocycles. The topological polar surface area (TPSA) is 76.2 Å². The fourth-order valence-corrected chi connectivity index (χ4v) is 4.94. The summed E-state index contributed by atoms with van der Waals surface area (Å²) in [6.45, 7) is 2.50. The summed E-state index contributed by atoms with van der Waals surface area (Å²) in [7, 11) is 0. The van der Waals surface area contributed by atoms with Crippen LogP contribution >= 0.6 is 11.8 Å². The first kappa shape index (κ1) is 20.2. The van der Waals surface area contributed by atoms with Crippen LogP contribution in [0.3, 0.4) is 0 Å². The monoisotopic (exact) mass is 437 g/mol. The number of hydrogen-bond acceptors (Lipinski definition) is 6. The summed E-state index contributed by atoms with van der Waals surface area (Å²) in [4.78, 5) is 15.4. The van der Waals surface area contributed by atoms with Crippen molar-refractivity contribution in [3.05, 3.63) is 60.1 Å². The molecule has 0 unspecified atom stereocenters. The van der Waals surface area contributed by atoms with E-state index in [1.54, 1.807) is 6.26 Å². The minimum atomic E-state index is -0.379. The molecule has 2 fully saturated rings. The van der Waals surface area contributed by atoms with Crippen LogP contribution in [0.2, 0.25) is 0 Å². The van der Waals surface area contributed by atoms with Crippen LogP contribution in [0.15, 0.2) is 58.3 Å². The number of aromatic nitrogens is 3. The van der Waals surface area contributed by atoms with E-state index in [1.165, 1.54) is 18.2 Å². The maximum absolute atomic E-state index is 13.1. The van der Waals surface area contributed by atoms with Gasteiger partial charge in [-0.3, -0.25) is 9.36 Å². The molecule has 0 bridgehead atoms. The summed E-state index contributed by atoms with van der Waals surface area (Å²) in [5, 5.41) is 12.6. The molecule has 1 atom stereocenters. The summed E-state index contributed by atoms with van der Waals surface area (Å²) in [6.07, 6.45) is 7.38. The van der Waals surface area contributed by atoms with E-state index in [-0.39, 0.29) is 11.2 Å². The van der Waals surface area contributed by atoms with E-state index in [2.05, 4.69) is 25.0 Å². The fraction of sp³-hybridized carbons (Fsp3) is 0.435. The first-order valence-corrected chi connectivity index (χ1v) is 11.9. The van der Waals surface area contributed by atoms with E-state index in [1.807, 2.05) is 42.5 Å². The van der Waals surface area contributed by atoms with Gasteiger partial charge in [-0.25, -0.2) is 0 Å². The van der Waals surface area contributed by atoms with Crippen molar-refractivity contribution in [1.29, 1.82) is 0 Å². The van der Waals surface area contributed by atoms with Crippen LogP contribution in [0.5, 0.6) is 0 Å². The van der Waals surface area contributed by atoms with Gasteiger partial charge in [-0.1, -0.05) is 42.1 Å². The van der Waals surface area contributed by atoms with Crippen molar-refractivity contribution in [2.24, 2.45) is 0 Å². The van der Waals surface area contributed by atoms with Crippen LogP contribution in [0, 0.1) is 0 Å². The molecule has 7 nitrogen and oxygen atoms in total. The van der Waals surface area contributed by atoms with Gasteiger partial charge in [0.15, 0.2) is 5.16 Å². The lowest BCUT2D eigenvalue weighted by Gasteiger charge is -2.27. The number of anilines is 1.